The summed E-state index contributed by atoms with van der Waals surface area (Å²) in [4.78, 5) is 25.6. The van der Waals surface area contributed by atoms with Gasteiger partial charge >= 0.3 is 0 Å². The van der Waals surface area contributed by atoms with Crippen molar-refractivity contribution in [3.63, 3.8) is 0 Å². The van der Waals surface area contributed by atoms with Crippen molar-refractivity contribution in [3.8, 4) is 5.75 Å². The zero-order valence-electron chi connectivity index (χ0n) is 15.6. The number of nitrogens with zero attached hydrogens (tertiary/aromatic N) is 1. The van der Waals surface area contributed by atoms with Crippen LogP contribution in [0.25, 0.3) is 0 Å². The van der Waals surface area contributed by atoms with Crippen LogP contribution in [0.2, 0.25) is 0 Å². The van der Waals surface area contributed by atoms with Gasteiger partial charge in [0.05, 0.1) is 12.5 Å². The van der Waals surface area contributed by atoms with Crippen molar-refractivity contribution in [1.82, 2.24) is 4.90 Å². The minimum Gasteiger partial charge on any atom is -0.493 e. The van der Waals surface area contributed by atoms with E-state index < -0.39 is 0 Å². The summed E-state index contributed by atoms with van der Waals surface area (Å²) < 4.78 is 5.83. The number of amides is 2. The SMILES string of the molecule is Cc1ccc(C)c(OCCCCC(=O)N2CC(C(N)=O)CCC2C)c1. The minimum atomic E-state index is -0.299. The Labute approximate surface area is 150 Å². The molecule has 1 heterocycles. The van der Waals surface area contributed by atoms with Gasteiger partial charge in [0, 0.05) is 19.0 Å². The first kappa shape index (κ1) is 19.3. The van der Waals surface area contributed by atoms with Gasteiger partial charge in [-0.05, 0) is 63.6 Å². The van der Waals surface area contributed by atoms with Gasteiger partial charge in [0.15, 0.2) is 0 Å². The van der Waals surface area contributed by atoms with Gasteiger partial charge in [-0.25, -0.2) is 0 Å². The topological polar surface area (TPSA) is 72.6 Å². The lowest BCUT2D eigenvalue weighted by atomic mass is 9.92. The van der Waals surface area contributed by atoms with E-state index in [4.69, 9.17) is 10.5 Å². The van der Waals surface area contributed by atoms with Gasteiger partial charge in [0.1, 0.15) is 5.75 Å². The highest BCUT2D eigenvalue weighted by atomic mass is 16.5. The number of carbonyl (C=O) groups is 2. The molecule has 1 aliphatic rings. The number of hydrogen-bond donors (Lipinski definition) is 1. The van der Waals surface area contributed by atoms with E-state index in [-0.39, 0.29) is 23.8 Å². The van der Waals surface area contributed by atoms with Crippen molar-refractivity contribution in [1.29, 1.82) is 0 Å². The number of ether oxygens (including phenoxy) is 1. The third kappa shape index (κ3) is 5.48. The fourth-order valence-corrected chi connectivity index (χ4v) is 3.25. The summed E-state index contributed by atoms with van der Waals surface area (Å²) in [5.74, 6) is 0.532. The molecule has 2 rings (SSSR count). The van der Waals surface area contributed by atoms with Crippen molar-refractivity contribution in [3.05, 3.63) is 29.3 Å². The van der Waals surface area contributed by atoms with Crippen molar-refractivity contribution < 1.29 is 14.3 Å². The van der Waals surface area contributed by atoms with E-state index in [1.807, 2.05) is 31.7 Å². The van der Waals surface area contributed by atoms with Gasteiger partial charge in [-0.15, -0.1) is 0 Å². The molecule has 0 saturated carbocycles. The number of nitrogens with two attached hydrogens (primary N) is 1. The third-order valence-corrected chi connectivity index (χ3v) is 4.99. The number of hydrogen-bond acceptors (Lipinski definition) is 3. The molecule has 5 nitrogen and oxygen atoms in total. The molecule has 2 unspecified atom stereocenters. The molecule has 1 saturated heterocycles. The molecule has 138 valence electrons. The summed E-state index contributed by atoms with van der Waals surface area (Å²) in [6, 6.07) is 6.36. The Morgan fingerprint density at radius 2 is 2.00 bits per heavy atom. The first-order valence-corrected chi connectivity index (χ1v) is 9.17. The predicted octanol–water partition coefficient (Wildman–Crippen LogP) is 2.96. The van der Waals surface area contributed by atoms with E-state index in [1.165, 1.54) is 5.56 Å². The maximum atomic E-state index is 12.4. The second kappa shape index (κ2) is 8.88. The lowest BCUT2D eigenvalue weighted by Gasteiger charge is -2.37. The zero-order valence-corrected chi connectivity index (χ0v) is 15.6. The molecule has 1 aromatic carbocycles. The Kier molecular flexibility index (Phi) is 6.85. The number of benzene rings is 1. The molecule has 1 aliphatic heterocycles. The van der Waals surface area contributed by atoms with Gasteiger partial charge < -0.3 is 15.4 Å². The third-order valence-electron chi connectivity index (χ3n) is 4.99. The Balaban J connectivity index is 1.72. The van der Waals surface area contributed by atoms with E-state index in [2.05, 4.69) is 12.1 Å². The van der Waals surface area contributed by atoms with Crippen molar-refractivity contribution in [2.24, 2.45) is 11.7 Å². The van der Waals surface area contributed by atoms with E-state index in [9.17, 15) is 9.59 Å². The number of aryl methyl sites for hydroxylation is 2. The van der Waals surface area contributed by atoms with Gasteiger partial charge in [0.2, 0.25) is 11.8 Å². The summed E-state index contributed by atoms with van der Waals surface area (Å²) in [6.45, 7) is 7.19. The molecule has 0 aliphatic carbocycles. The Morgan fingerprint density at radius 3 is 2.72 bits per heavy atom. The normalized spacial score (nSPS) is 20.4. The van der Waals surface area contributed by atoms with Gasteiger partial charge in [0.25, 0.3) is 0 Å². The van der Waals surface area contributed by atoms with Crippen LogP contribution < -0.4 is 10.5 Å². The Hall–Kier alpha value is -2.04. The monoisotopic (exact) mass is 346 g/mol. The van der Waals surface area contributed by atoms with Gasteiger partial charge in [-0.1, -0.05) is 12.1 Å². The van der Waals surface area contributed by atoms with E-state index >= 15 is 0 Å². The highest BCUT2D eigenvalue weighted by Gasteiger charge is 2.31. The lowest BCUT2D eigenvalue weighted by molar-refractivity contribution is -0.137. The van der Waals surface area contributed by atoms with Crippen molar-refractivity contribution >= 4 is 11.8 Å². The molecule has 2 N–H and O–H groups in total. The highest BCUT2D eigenvalue weighted by Crippen LogP contribution is 2.23. The number of primary amides is 1. The van der Waals surface area contributed by atoms with E-state index in [0.29, 0.717) is 19.6 Å². The number of piperidine rings is 1. The van der Waals surface area contributed by atoms with Crippen LogP contribution in [0, 0.1) is 19.8 Å². The molecule has 1 fully saturated rings. The molecule has 25 heavy (non-hydrogen) atoms. The van der Waals surface area contributed by atoms with Crippen LogP contribution in [0.3, 0.4) is 0 Å². The summed E-state index contributed by atoms with van der Waals surface area (Å²) in [7, 11) is 0. The highest BCUT2D eigenvalue weighted by molar-refractivity contribution is 5.80. The average molecular weight is 346 g/mol. The average Bonchev–Trinajstić information content (AvgIpc) is 2.57. The number of rotatable bonds is 7. The molecular formula is C20H30N2O3. The number of carbonyl (C=O) groups excluding carboxylic acids is 2. The largest absolute Gasteiger partial charge is 0.493 e. The molecule has 2 atom stereocenters. The Morgan fingerprint density at radius 1 is 1.24 bits per heavy atom. The van der Waals surface area contributed by atoms with Gasteiger partial charge in [-0.3, -0.25) is 9.59 Å². The molecule has 5 heteroatoms. The summed E-state index contributed by atoms with van der Waals surface area (Å²) >= 11 is 0. The maximum absolute atomic E-state index is 12.4. The zero-order chi connectivity index (χ0) is 18.4. The summed E-state index contributed by atoms with van der Waals surface area (Å²) in [6.07, 6.45) is 3.74. The van der Waals surface area contributed by atoms with Crippen LogP contribution in [0.5, 0.6) is 5.75 Å². The fourth-order valence-electron chi connectivity index (χ4n) is 3.25. The standard InChI is InChI=1S/C20H30N2O3/c1-14-7-8-15(2)18(12-14)25-11-5-4-6-19(23)22-13-17(20(21)24)10-9-16(22)3/h7-8,12,16-17H,4-6,9-11,13H2,1-3H3,(H2,21,24). The molecule has 0 radical (unpaired) electrons. The Bertz CT molecular complexity index is 615. The first-order chi connectivity index (χ1) is 11.9. The lowest BCUT2D eigenvalue weighted by Crippen LogP contribution is -2.48. The van der Waals surface area contributed by atoms with Crippen molar-refractivity contribution in [2.45, 2.75) is 58.9 Å². The van der Waals surface area contributed by atoms with E-state index in [1.54, 1.807) is 0 Å². The smallest absolute Gasteiger partial charge is 0.222 e. The van der Waals surface area contributed by atoms with Crippen LogP contribution in [0.1, 0.15) is 50.2 Å². The van der Waals surface area contributed by atoms with Crippen LogP contribution in [0.15, 0.2) is 18.2 Å². The first-order valence-electron chi connectivity index (χ1n) is 9.17. The molecule has 0 aromatic heterocycles. The predicted molar refractivity (Wildman–Crippen MR) is 98.4 cm³/mol. The van der Waals surface area contributed by atoms with Crippen molar-refractivity contribution in [2.75, 3.05) is 13.2 Å². The molecular weight excluding hydrogens is 316 g/mol. The van der Waals surface area contributed by atoms with Crippen LogP contribution in [0.4, 0.5) is 0 Å². The minimum absolute atomic E-state index is 0.116. The van der Waals surface area contributed by atoms with Gasteiger partial charge in [-0.2, -0.15) is 0 Å². The molecule has 2 amide bonds. The molecule has 0 bridgehead atoms. The number of unbranched alkanes of at least 4 members (excludes halogenated alkanes) is 1. The summed E-state index contributed by atoms with van der Waals surface area (Å²) in [5, 5.41) is 0. The number of likely N-dealkylation sites (tertiary alicyclic amines) is 1. The second-order valence-corrected chi connectivity index (χ2v) is 7.15. The van der Waals surface area contributed by atoms with E-state index in [0.717, 1.165) is 37.0 Å². The van der Waals surface area contributed by atoms with Crippen LogP contribution in [-0.4, -0.2) is 35.9 Å². The summed E-state index contributed by atoms with van der Waals surface area (Å²) in [5.41, 5.74) is 7.71. The van der Waals surface area contributed by atoms with Crippen LogP contribution >= 0.6 is 0 Å². The quantitative estimate of drug-likeness (QED) is 0.772. The maximum Gasteiger partial charge on any atom is 0.222 e. The molecule has 0 spiro atoms. The van der Waals surface area contributed by atoms with Crippen LogP contribution in [-0.2, 0) is 9.59 Å². The second-order valence-electron chi connectivity index (χ2n) is 7.15. The molecule has 1 aromatic rings. The fraction of sp³-hybridized carbons (Fsp3) is 0.600.